The predicted molar refractivity (Wildman–Crippen MR) is 162 cm³/mol. The number of hydrogen-bond donors (Lipinski definition) is 1. The van der Waals surface area contributed by atoms with Gasteiger partial charge in [0.1, 0.15) is 5.82 Å². The van der Waals surface area contributed by atoms with Crippen LogP contribution in [0.4, 0.5) is 5.69 Å². The largest absolute Gasteiger partial charge is 0.331 e. The minimum atomic E-state index is -0.202. The average Bonchev–Trinajstić information content (AvgIpc) is 3.28. The lowest BCUT2D eigenvalue weighted by molar-refractivity contribution is -0.116. The molecule has 0 aliphatic heterocycles. The Bertz CT molecular complexity index is 1710. The summed E-state index contributed by atoms with van der Waals surface area (Å²) in [4.78, 5) is 33.3. The van der Waals surface area contributed by atoms with E-state index in [1.54, 1.807) is 0 Å². The molecule has 8 heteroatoms. The van der Waals surface area contributed by atoms with Crippen LogP contribution in [0.2, 0.25) is 0 Å². The van der Waals surface area contributed by atoms with Crippen molar-refractivity contribution in [3.05, 3.63) is 88.5 Å². The Labute approximate surface area is 234 Å². The van der Waals surface area contributed by atoms with Gasteiger partial charge in [-0.05, 0) is 44.3 Å². The Hall–Kier alpha value is -4.30. The number of aromatic nitrogens is 4. The first-order valence-electron chi connectivity index (χ1n) is 13.9. The number of nitrogens with zero attached hydrogens (tertiary/aromatic N) is 5. The third-order valence-electron chi connectivity index (χ3n) is 7.55. The monoisotopic (exact) mass is 536 g/mol. The fourth-order valence-corrected chi connectivity index (χ4v) is 5.09. The van der Waals surface area contributed by atoms with E-state index in [4.69, 9.17) is 4.98 Å². The van der Waals surface area contributed by atoms with Crippen molar-refractivity contribution in [1.29, 1.82) is 0 Å². The molecule has 0 aliphatic rings. The zero-order valence-electron chi connectivity index (χ0n) is 23.6. The van der Waals surface area contributed by atoms with Gasteiger partial charge in [0.25, 0.3) is 5.56 Å². The zero-order chi connectivity index (χ0) is 28.2. The number of fused-ring (bicyclic) bond motifs is 2. The summed E-state index contributed by atoms with van der Waals surface area (Å²) in [5, 5.41) is 9.05. The maximum Gasteiger partial charge on any atom is 0.274 e. The molecule has 2 aromatic heterocycles. The summed E-state index contributed by atoms with van der Waals surface area (Å²) >= 11 is 0. The van der Waals surface area contributed by atoms with Gasteiger partial charge in [0.2, 0.25) is 5.91 Å². The highest BCUT2D eigenvalue weighted by Gasteiger charge is 2.14. The minimum absolute atomic E-state index is 0.119. The van der Waals surface area contributed by atoms with Gasteiger partial charge in [-0.25, -0.2) is 9.67 Å². The standard InChI is InChI=1S/C32H36N6O2/c1-5-37(6-2)19-17-29-34-27-21-24(15-16-28(27)36(29)4)33-30(39)18-20-38-32(40)26-10-8-7-9-25(26)31(35-38)23-13-11-22(3)12-14-23/h7-16,21H,5-6,17-20H2,1-4H3,(H,33,39). The number of carbonyl (C=O) groups excluding carboxylic acids is 1. The number of likely N-dealkylation sites (N-methyl/N-ethyl adjacent to an activating group) is 1. The second-order valence-corrected chi connectivity index (χ2v) is 10.2. The van der Waals surface area contributed by atoms with Crippen molar-refractivity contribution in [1.82, 2.24) is 24.2 Å². The Morgan fingerprint density at radius 1 is 0.975 bits per heavy atom. The molecule has 0 saturated heterocycles. The number of rotatable bonds is 10. The number of nitrogens with one attached hydrogen (secondary N) is 1. The molecule has 8 nitrogen and oxygen atoms in total. The van der Waals surface area contributed by atoms with Crippen molar-refractivity contribution in [2.45, 2.75) is 40.2 Å². The zero-order valence-corrected chi connectivity index (χ0v) is 23.6. The molecule has 206 valence electrons. The highest BCUT2D eigenvalue weighted by Crippen LogP contribution is 2.25. The van der Waals surface area contributed by atoms with Crippen LogP contribution in [0.25, 0.3) is 33.1 Å². The van der Waals surface area contributed by atoms with Crippen molar-refractivity contribution < 1.29 is 4.79 Å². The molecule has 0 fully saturated rings. The van der Waals surface area contributed by atoms with Gasteiger partial charge >= 0.3 is 0 Å². The van der Waals surface area contributed by atoms with E-state index in [1.165, 1.54) is 4.68 Å². The van der Waals surface area contributed by atoms with Crippen molar-refractivity contribution >= 4 is 33.4 Å². The van der Waals surface area contributed by atoms with Crippen molar-refractivity contribution in [2.24, 2.45) is 7.05 Å². The summed E-state index contributed by atoms with van der Waals surface area (Å²) in [5.74, 6) is 0.840. The number of anilines is 1. The Kier molecular flexibility index (Phi) is 8.07. The van der Waals surface area contributed by atoms with Crippen LogP contribution in [0.1, 0.15) is 31.7 Å². The second kappa shape index (κ2) is 11.8. The van der Waals surface area contributed by atoms with E-state index in [0.29, 0.717) is 11.1 Å². The maximum atomic E-state index is 13.2. The molecule has 3 aromatic carbocycles. The molecule has 2 heterocycles. The SMILES string of the molecule is CCN(CC)CCc1nc2cc(NC(=O)CCn3nc(-c4ccc(C)cc4)c4ccccc4c3=O)ccc2n1C. The molecule has 1 N–H and O–H groups in total. The van der Waals surface area contributed by atoms with E-state index in [-0.39, 0.29) is 24.4 Å². The van der Waals surface area contributed by atoms with Gasteiger partial charge in [0.05, 0.1) is 28.7 Å². The number of amides is 1. The summed E-state index contributed by atoms with van der Waals surface area (Å²) in [5.41, 5.74) is 5.18. The maximum absolute atomic E-state index is 13.2. The van der Waals surface area contributed by atoms with E-state index in [9.17, 15) is 9.59 Å². The van der Waals surface area contributed by atoms with Crippen LogP contribution >= 0.6 is 0 Å². The fourth-order valence-electron chi connectivity index (χ4n) is 5.09. The number of aryl methyl sites for hydroxylation is 3. The van der Waals surface area contributed by atoms with Gasteiger partial charge in [0, 0.05) is 43.1 Å². The summed E-state index contributed by atoms with van der Waals surface area (Å²) in [6.07, 6.45) is 0.987. The van der Waals surface area contributed by atoms with E-state index in [1.807, 2.05) is 80.7 Å². The second-order valence-electron chi connectivity index (χ2n) is 10.2. The summed E-state index contributed by atoms with van der Waals surface area (Å²) in [6.45, 7) is 9.55. The highest BCUT2D eigenvalue weighted by molar-refractivity contribution is 5.94. The van der Waals surface area contributed by atoms with Crippen LogP contribution in [-0.2, 0) is 24.8 Å². The summed E-state index contributed by atoms with van der Waals surface area (Å²) in [6, 6.07) is 21.3. The van der Waals surface area contributed by atoms with Crippen molar-refractivity contribution in [2.75, 3.05) is 25.0 Å². The molecule has 1 amide bonds. The normalized spacial score (nSPS) is 11.5. The Morgan fingerprint density at radius 3 is 2.42 bits per heavy atom. The molecule has 0 aliphatic carbocycles. The average molecular weight is 537 g/mol. The van der Waals surface area contributed by atoms with Crippen LogP contribution in [0.15, 0.2) is 71.5 Å². The number of hydrogen-bond acceptors (Lipinski definition) is 5. The molecule has 0 saturated carbocycles. The molecule has 5 aromatic rings. The van der Waals surface area contributed by atoms with Gasteiger partial charge < -0.3 is 14.8 Å². The predicted octanol–water partition coefficient (Wildman–Crippen LogP) is 5.17. The molecule has 0 radical (unpaired) electrons. The van der Waals surface area contributed by atoms with E-state index >= 15 is 0 Å². The van der Waals surface area contributed by atoms with E-state index in [2.05, 4.69) is 33.7 Å². The molecule has 0 bridgehead atoms. The minimum Gasteiger partial charge on any atom is -0.331 e. The van der Waals surface area contributed by atoms with Gasteiger partial charge in [-0.1, -0.05) is 61.9 Å². The molecule has 40 heavy (non-hydrogen) atoms. The third-order valence-corrected chi connectivity index (χ3v) is 7.55. The highest BCUT2D eigenvalue weighted by atomic mass is 16.2. The van der Waals surface area contributed by atoms with Crippen LogP contribution < -0.4 is 10.9 Å². The number of benzene rings is 3. The first kappa shape index (κ1) is 27.3. The van der Waals surface area contributed by atoms with Gasteiger partial charge in [-0.15, -0.1) is 0 Å². The van der Waals surface area contributed by atoms with Crippen molar-refractivity contribution in [3.63, 3.8) is 0 Å². The molecule has 0 spiro atoms. The van der Waals surface area contributed by atoms with Crippen LogP contribution in [-0.4, -0.2) is 49.8 Å². The number of imidazole rings is 1. The first-order chi connectivity index (χ1) is 19.4. The summed E-state index contributed by atoms with van der Waals surface area (Å²) in [7, 11) is 2.03. The van der Waals surface area contributed by atoms with Gasteiger partial charge in [-0.3, -0.25) is 9.59 Å². The lowest BCUT2D eigenvalue weighted by Crippen LogP contribution is -2.26. The molecule has 0 atom stereocenters. The van der Waals surface area contributed by atoms with Crippen LogP contribution in [0.5, 0.6) is 0 Å². The van der Waals surface area contributed by atoms with Crippen LogP contribution in [0, 0.1) is 6.92 Å². The summed E-state index contributed by atoms with van der Waals surface area (Å²) < 4.78 is 3.52. The number of carbonyl (C=O) groups is 1. The molecule has 0 unspecified atom stereocenters. The quantitative estimate of drug-likeness (QED) is 0.266. The lowest BCUT2D eigenvalue weighted by atomic mass is 10.0. The third kappa shape index (κ3) is 5.67. The smallest absolute Gasteiger partial charge is 0.274 e. The topological polar surface area (TPSA) is 85.1 Å². The van der Waals surface area contributed by atoms with Gasteiger partial charge in [-0.2, -0.15) is 5.10 Å². The first-order valence-corrected chi connectivity index (χ1v) is 13.9. The van der Waals surface area contributed by atoms with Gasteiger partial charge in [0.15, 0.2) is 0 Å². The van der Waals surface area contributed by atoms with E-state index in [0.717, 1.165) is 65.1 Å². The lowest BCUT2D eigenvalue weighted by Gasteiger charge is -2.17. The van der Waals surface area contributed by atoms with Crippen LogP contribution in [0.3, 0.4) is 0 Å². The van der Waals surface area contributed by atoms with E-state index < -0.39 is 0 Å². The Balaban J connectivity index is 1.32. The molecule has 5 rings (SSSR count). The van der Waals surface area contributed by atoms with Crippen molar-refractivity contribution in [3.8, 4) is 11.3 Å². The fraction of sp³-hybridized carbons (Fsp3) is 0.312. The Morgan fingerprint density at radius 2 is 1.70 bits per heavy atom. The molecular weight excluding hydrogens is 500 g/mol. The molecular formula is C32H36N6O2.